The topological polar surface area (TPSA) is 58.6 Å². The van der Waals surface area contributed by atoms with Gasteiger partial charge in [-0.2, -0.15) is 0 Å². The van der Waals surface area contributed by atoms with Gasteiger partial charge >= 0.3 is 0 Å². The van der Waals surface area contributed by atoms with Crippen molar-refractivity contribution in [2.45, 2.75) is 59.2 Å². The van der Waals surface area contributed by atoms with Gasteiger partial charge in [0, 0.05) is 18.5 Å². The first-order valence-corrected chi connectivity index (χ1v) is 13.0. The SMILES string of the molecule is Cc1cc(C)cc(OCC(=O)N(Cc2ccc(Cl)c(Cl)c2)C(Cc2ccccc2)C(=O)NC(C)(C)C)c1. The number of halogens is 2. The van der Waals surface area contributed by atoms with Crippen LogP contribution in [0, 0.1) is 13.8 Å². The van der Waals surface area contributed by atoms with E-state index < -0.39 is 11.6 Å². The summed E-state index contributed by atoms with van der Waals surface area (Å²) in [6.07, 6.45) is 0.347. The van der Waals surface area contributed by atoms with Gasteiger partial charge in [0.1, 0.15) is 11.8 Å². The number of aryl methyl sites for hydroxylation is 2. The molecule has 0 saturated carbocycles. The normalized spacial score (nSPS) is 12.1. The predicted molar refractivity (Wildman–Crippen MR) is 150 cm³/mol. The number of rotatable bonds is 9. The van der Waals surface area contributed by atoms with E-state index in [1.165, 1.54) is 0 Å². The summed E-state index contributed by atoms with van der Waals surface area (Å²) in [7, 11) is 0. The summed E-state index contributed by atoms with van der Waals surface area (Å²) in [6.45, 7) is 9.66. The first-order valence-electron chi connectivity index (χ1n) is 12.2. The van der Waals surface area contributed by atoms with Crippen LogP contribution in [0.4, 0.5) is 0 Å². The molecule has 0 aromatic heterocycles. The van der Waals surface area contributed by atoms with Crippen LogP contribution in [-0.4, -0.2) is 34.9 Å². The molecule has 0 aliphatic carbocycles. The highest BCUT2D eigenvalue weighted by molar-refractivity contribution is 6.42. The van der Waals surface area contributed by atoms with Crippen LogP contribution in [0.1, 0.15) is 43.0 Å². The second-order valence-corrected chi connectivity index (χ2v) is 11.1. The number of hydrogen-bond donors (Lipinski definition) is 1. The van der Waals surface area contributed by atoms with Crippen molar-refractivity contribution < 1.29 is 14.3 Å². The van der Waals surface area contributed by atoms with E-state index in [1.54, 1.807) is 23.1 Å². The van der Waals surface area contributed by atoms with E-state index >= 15 is 0 Å². The van der Waals surface area contributed by atoms with Crippen molar-refractivity contribution in [3.63, 3.8) is 0 Å². The molecular weight excluding hydrogens is 507 g/mol. The van der Waals surface area contributed by atoms with Gasteiger partial charge in [0.25, 0.3) is 5.91 Å². The number of carbonyl (C=O) groups excluding carboxylic acids is 2. The van der Waals surface area contributed by atoms with Crippen molar-refractivity contribution in [1.29, 1.82) is 0 Å². The first kappa shape index (κ1) is 28.5. The maximum atomic E-state index is 13.7. The third-order valence-electron chi connectivity index (χ3n) is 5.66. The summed E-state index contributed by atoms with van der Waals surface area (Å²) in [5.74, 6) is 0.0606. The summed E-state index contributed by atoms with van der Waals surface area (Å²) in [5.41, 5.74) is 3.32. The van der Waals surface area contributed by atoms with Crippen molar-refractivity contribution in [1.82, 2.24) is 10.2 Å². The Morgan fingerprint density at radius 3 is 2.14 bits per heavy atom. The number of nitrogens with one attached hydrogen (secondary N) is 1. The van der Waals surface area contributed by atoms with Gasteiger partial charge in [-0.1, -0.05) is 65.7 Å². The van der Waals surface area contributed by atoms with Crippen LogP contribution in [-0.2, 0) is 22.6 Å². The first-order chi connectivity index (χ1) is 17.4. The minimum absolute atomic E-state index is 0.168. The number of benzene rings is 3. The summed E-state index contributed by atoms with van der Waals surface area (Å²) >= 11 is 12.4. The van der Waals surface area contributed by atoms with E-state index in [0.29, 0.717) is 22.2 Å². The molecule has 0 bridgehead atoms. The fourth-order valence-corrected chi connectivity index (χ4v) is 4.41. The summed E-state index contributed by atoms with van der Waals surface area (Å²) < 4.78 is 5.90. The maximum absolute atomic E-state index is 13.7. The van der Waals surface area contributed by atoms with E-state index in [0.717, 1.165) is 22.3 Å². The third kappa shape index (κ3) is 8.80. The Morgan fingerprint density at radius 2 is 1.54 bits per heavy atom. The van der Waals surface area contributed by atoms with Gasteiger partial charge in [0.05, 0.1) is 10.0 Å². The number of amides is 2. The van der Waals surface area contributed by atoms with Gasteiger partial charge in [-0.15, -0.1) is 0 Å². The molecule has 0 radical (unpaired) electrons. The van der Waals surface area contributed by atoms with Crippen LogP contribution in [0.5, 0.6) is 5.75 Å². The monoisotopic (exact) mass is 540 g/mol. The van der Waals surface area contributed by atoms with Gasteiger partial charge in [0.2, 0.25) is 5.91 Å². The molecule has 0 aliphatic heterocycles. The summed E-state index contributed by atoms with van der Waals surface area (Å²) in [4.78, 5) is 28.9. The zero-order chi connectivity index (χ0) is 27.2. The minimum atomic E-state index is -0.772. The van der Waals surface area contributed by atoms with Crippen LogP contribution in [0.3, 0.4) is 0 Å². The number of carbonyl (C=O) groups is 2. The van der Waals surface area contributed by atoms with Crippen LogP contribution >= 0.6 is 23.2 Å². The lowest BCUT2D eigenvalue weighted by molar-refractivity contribution is -0.143. The highest BCUT2D eigenvalue weighted by Gasteiger charge is 2.32. The number of ether oxygens (including phenoxy) is 1. The van der Waals surface area contributed by atoms with Gasteiger partial charge in [-0.3, -0.25) is 9.59 Å². The molecule has 196 valence electrons. The third-order valence-corrected chi connectivity index (χ3v) is 6.40. The van der Waals surface area contributed by atoms with Crippen LogP contribution in [0.25, 0.3) is 0 Å². The second-order valence-electron chi connectivity index (χ2n) is 10.3. The molecule has 0 saturated heterocycles. The summed E-state index contributed by atoms with van der Waals surface area (Å²) in [6, 6.07) is 19.9. The van der Waals surface area contributed by atoms with Gasteiger partial charge in [-0.25, -0.2) is 0 Å². The molecule has 2 amide bonds. The molecule has 3 aromatic carbocycles. The number of hydrogen-bond acceptors (Lipinski definition) is 3. The van der Waals surface area contributed by atoms with Crippen molar-refractivity contribution in [3.05, 3.63) is 99.0 Å². The summed E-state index contributed by atoms with van der Waals surface area (Å²) in [5, 5.41) is 3.86. The molecule has 0 spiro atoms. The largest absolute Gasteiger partial charge is 0.484 e. The lowest BCUT2D eigenvalue weighted by Gasteiger charge is -2.33. The molecule has 5 nitrogen and oxygen atoms in total. The molecule has 1 atom stereocenters. The molecule has 3 rings (SSSR count). The Morgan fingerprint density at radius 1 is 0.892 bits per heavy atom. The molecule has 0 heterocycles. The standard InChI is InChI=1S/C30H34Cl2N2O3/c1-20-13-21(2)15-24(14-20)37-19-28(35)34(18-23-11-12-25(31)26(32)16-23)27(29(36)33-30(3,4)5)17-22-9-7-6-8-10-22/h6-16,27H,17-19H2,1-5H3,(H,33,36). The predicted octanol–water partition coefficient (Wildman–Crippen LogP) is 6.54. The zero-order valence-corrected chi connectivity index (χ0v) is 23.5. The van der Waals surface area contributed by atoms with Crippen molar-refractivity contribution in [2.75, 3.05) is 6.61 Å². The molecule has 1 unspecified atom stereocenters. The van der Waals surface area contributed by atoms with Crippen LogP contribution < -0.4 is 10.1 Å². The second kappa shape index (κ2) is 12.5. The van der Waals surface area contributed by atoms with Crippen molar-refractivity contribution >= 4 is 35.0 Å². The lowest BCUT2D eigenvalue weighted by atomic mass is 10.0. The molecule has 1 N–H and O–H groups in total. The molecule has 37 heavy (non-hydrogen) atoms. The Kier molecular flexibility index (Phi) is 9.63. The van der Waals surface area contributed by atoms with Crippen LogP contribution in [0.2, 0.25) is 10.0 Å². The van der Waals surface area contributed by atoms with Crippen LogP contribution in [0.15, 0.2) is 66.7 Å². The average molecular weight is 542 g/mol. The quantitative estimate of drug-likeness (QED) is 0.335. The molecule has 0 aliphatic rings. The molecule has 7 heteroatoms. The van der Waals surface area contributed by atoms with E-state index in [9.17, 15) is 9.59 Å². The zero-order valence-electron chi connectivity index (χ0n) is 22.0. The Balaban J connectivity index is 1.96. The fourth-order valence-electron chi connectivity index (χ4n) is 4.09. The molecule has 0 fully saturated rings. The minimum Gasteiger partial charge on any atom is -0.484 e. The Hall–Kier alpha value is -3.02. The van der Waals surface area contributed by atoms with E-state index in [1.807, 2.05) is 83.1 Å². The number of nitrogens with zero attached hydrogens (tertiary/aromatic N) is 1. The smallest absolute Gasteiger partial charge is 0.261 e. The van der Waals surface area contributed by atoms with Gasteiger partial charge < -0.3 is 15.0 Å². The van der Waals surface area contributed by atoms with E-state index in [2.05, 4.69) is 5.32 Å². The molecule has 3 aromatic rings. The average Bonchev–Trinajstić information content (AvgIpc) is 2.81. The molecular formula is C30H34Cl2N2O3. The Labute approximate surface area is 229 Å². The fraction of sp³-hybridized carbons (Fsp3) is 0.333. The van der Waals surface area contributed by atoms with Gasteiger partial charge in [0.15, 0.2) is 6.61 Å². The Bertz CT molecular complexity index is 1220. The van der Waals surface area contributed by atoms with Crippen molar-refractivity contribution in [2.24, 2.45) is 0 Å². The van der Waals surface area contributed by atoms with E-state index in [-0.39, 0.29) is 25.0 Å². The lowest BCUT2D eigenvalue weighted by Crippen LogP contribution is -2.55. The van der Waals surface area contributed by atoms with Gasteiger partial charge in [-0.05, 0) is 81.1 Å². The maximum Gasteiger partial charge on any atom is 0.261 e. The highest BCUT2D eigenvalue weighted by atomic mass is 35.5. The van der Waals surface area contributed by atoms with E-state index in [4.69, 9.17) is 27.9 Å². The van der Waals surface area contributed by atoms with Crippen molar-refractivity contribution in [3.8, 4) is 5.75 Å². The highest BCUT2D eigenvalue weighted by Crippen LogP contribution is 2.25.